The molecule has 1 heterocycles. The lowest BCUT2D eigenvalue weighted by molar-refractivity contribution is -0.136. The molecule has 4 rings (SSSR count). The summed E-state index contributed by atoms with van der Waals surface area (Å²) in [5, 5.41) is 19.5. The van der Waals surface area contributed by atoms with E-state index in [1.807, 2.05) is 4.57 Å². The standard InChI is InChI=1S/C29H29ClF2N6O3/c1-2-3-11-38-25-9-5-18(29(41)37(12-10-27(39)40)19-6-7-21(31)20(30)15-19)14-24(25)36-26(38)16-35-23-8-4-17(28(33)34)13-22(23)32/h4-9,13-15,35H,2-3,10-12,16H2,1H3,(H3,33,34)(H,39,40). The molecule has 41 heavy (non-hydrogen) atoms. The van der Waals surface area contributed by atoms with Crippen molar-refractivity contribution in [3.63, 3.8) is 0 Å². The zero-order chi connectivity index (χ0) is 29.7. The Morgan fingerprint density at radius 2 is 1.85 bits per heavy atom. The van der Waals surface area contributed by atoms with Gasteiger partial charge in [-0.3, -0.25) is 15.0 Å². The third kappa shape index (κ3) is 6.80. The average Bonchev–Trinajstić information content (AvgIpc) is 3.29. The molecule has 0 spiro atoms. The molecule has 214 valence electrons. The summed E-state index contributed by atoms with van der Waals surface area (Å²) >= 11 is 5.93. The Morgan fingerprint density at radius 3 is 2.51 bits per heavy atom. The zero-order valence-corrected chi connectivity index (χ0v) is 23.0. The van der Waals surface area contributed by atoms with E-state index in [-0.39, 0.29) is 52.9 Å². The molecule has 1 aromatic heterocycles. The first-order valence-electron chi connectivity index (χ1n) is 12.9. The number of aryl methyl sites for hydroxylation is 1. The van der Waals surface area contributed by atoms with Gasteiger partial charge in [-0.1, -0.05) is 24.9 Å². The highest BCUT2D eigenvalue weighted by Crippen LogP contribution is 2.26. The number of nitrogen functional groups attached to an aromatic ring is 1. The predicted octanol–water partition coefficient (Wildman–Crippen LogP) is 5.79. The second kappa shape index (κ2) is 12.8. The number of imidazole rings is 1. The molecular formula is C29H29ClF2N6O3. The number of carboxylic acid groups (broad SMARTS) is 1. The maximum absolute atomic E-state index is 14.6. The van der Waals surface area contributed by atoms with Crippen LogP contribution < -0.4 is 16.0 Å². The van der Waals surface area contributed by atoms with E-state index in [4.69, 9.17) is 27.7 Å². The second-order valence-corrected chi connectivity index (χ2v) is 9.80. The number of aromatic nitrogens is 2. The van der Waals surface area contributed by atoms with Crippen molar-refractivity contribution in [3.8, 4) is 0 Å². The number of nitrogens with one attached hydrogen (secondary N) is 2. The summed E-state index contributed by atoms with van der Waals surface area (Å²) in [5.74, 6) is -2.40. The number of unbranched alkanes of at least 4 members (excludes halogenated alkanes) is 1. The molecule has 4 aromatic rings. The number of aliphatic carboxylic acids is 1. The van der Waals surface area contributed by atoms with Gasteiger partial charge >= 0.3 is 5.97 Å². The predicted molar refractivity (Wildman–Crippen MR) is 155 cm³/mol. The fourth-order valence-corrected chi connectivity index (χ4v) is 4.55. The van der Waals surface area contributed by atoms with Crippen LogP contribution in [0.3, 0.4) is 0 Å². The minimum absolute atomic E-state index is 0.151. The van der Waals surface area contributed by atoms with Crippen molar-refractivity contribution in [2.24, 2.45) is 5.73 Å². The maximum Gasteiger partial charge on any atom is 0.305 e. The second-order valence-electron chi connectivity index (χ2n) is 9.40. The lowest BCUT2D eigenvalue weighted by atomic mass is 10.1. The van der Waals surface area contributed by atoms with Crippen molar-refractivity contribution in [3.05, 3.63) is 88.2 Å². The van der Waals surface area contributed by atoms with E-state index in [0.29, 0.717) is 17.9 Å². The Morgan fingerprint density at radius 1 is 1.10 bits per heavy atom. The number of amides is 1. The van der Waals surface area contributed by atoms with Crippen LogP contribution in [0, 0.1) is 17.0 Å². The molecule has 0 aliphatic heterocycles. The summed E-state index contributed by atoms with van der Waals surface area (Å²) in [5.41, 5.74) is 7.78. The number of nitrogens with zero attached hydrogens (tertiary/aromatic N) is 3. The van der Waals surface area contributed by atoms with Gasteiger partial charge in [0, 0.05) is 29.9 Å². The van der Waals surface area contributed by atoms with E-state index in [1.165, 1.54) is 29.2 Å². The van der Waals surface area contributed by atoms with Crippen LogP contribution in [0.25, 0.3) is 11.0 Å². The molecule has 3 aromatic carbocycles. The van der Waals surface area contributed by atoms with Gasteiger partial charge in [0.05, 0.1) is 34.7 Å². The molecule has 0 bridgehead atoms. The molecule has 12 heteroatoms. The number of rotatable bonds is 12. The number of carbonyl (C=O) groups excluding carboxylic acids is 1. The Balaban J connectivity index is 1.66. The first-order valence-corrected chi connectivity index (χ1v) is 13.3. The Bertz CT molecular complexity index is 1620. The number of benzene rings is 3. The SMILES string of the molecule is CCCCn1c(CNc2ccc(C(=N)N)cc2F)nc2cc(C(=O)N(CCC(=O)O)c3ccc(F)c(Cl)c3)ccc21. The summed E-state index contributed by atoms with van der Waals surface area (Å²) in [6.07, 6.45) is 1.48. The highest BCUT2D eigenvalue weighted by molar-refractivity contribution is 6.31. The minimum atomic E-state index is -1.09. The molecule has 0 atom stereocenters. The van der Waals surface area contributed by atoms with E-state index in [1.54, 1.807) is 24.3 Å². The van der Waals surface area contributed by atoms with Crippen molar-refractivity contribution in [1.29, 1.82) is 5.41 Å². The van der Waals surface area contributed by atoms with E-state index < -0.39 is 23.5 Å². The van der Waals surface area contributed by atoms with Gasteiger partial charge in [0.1, 0.15) is 23.3 Å². The van der Waals surface area contributed by atoms with Crippen LogP contribution in [-0.4, -0.2) is 38.9 Å². The Labute approximate surface area is 240 Å². The van der Waals surface area contributed by atoms with Gasteiger partial charge in [-0.2, -0.15) is 0 Å². The monoisotopic (exact) mass is 582 g/mol. The van der Waals surface area contributed by atoms with Crippen molar-refractivity contribution in [2.45, 2.75) is 39.3 Å². The van der Waals surface area contributed by atoms with Crippen LogP contribution in [0.15, 0.2) is 54.6 Å². The highest BCUT2D eigenvalue weighted by atomic mass is 35.5. The van der Waals surface area contributed by atoms with Crippen molar-refractivity contribution in [1.82, 2.24) is 9.55 Å². The van der Waals surface area contributed by atoms with Gasteiger partial charge in [-0.05, 0) is 61.0 Å². The van der Waals surface area contributed by atoms with Gasteiger partial charge in [0.25, 0.3) is 5.91 Å². The van der Waals surface area contributed by atoms with Crippen LogP contribution in [0.1, 0.15) is 47.9 Å². The van der Waals surface area contributed by atoms with Gasteiger partial charge in [0.2, 0.25) is 0 Å². The summed E-state index contributed by atoms with van der Waals surface area (Å²) in [6, 6.07) is 13.0. The quantitative estimate of drug-likeness (QED) is 0.123. The van der Waals surface area contributed by atoms with Crippen LogP contribution in [0.5, 0.6) is 0 Å². The molecule has 0 aliphatic carbocycles. The summed E-state index contributed by atoms with van der Waals surface area (Å²) in [7, 11) is 0. The molecule has 0 fully saturated rings. The fourth-order valence-electron chi connectivity index (χ4n) is 4.38. The van der Waals surface area contributed by atoms with E-state index >= 15 is 0 Å². The smallest absolute Gasteiger partial charge is 0.305 e. The van der Waals surface area contributed by atoms with Crippen LogP contribution in [0.2, 0.25) is 5.02 Å². The number of anilines is 2. The molecule has 0 saturated heterocycles. The van der Waals surface area contributed by atoms with E-state index in [9.17, 15) is 23.5 Å². The summed E-state index contributed by atoms with van der Waals surface area (Å²) in [4.78, 5) is 30.8. The minimum Gasteiger partial charge on any atom is -0.481 e. The Kier molecular flexibility index (Phi) is 9.18. The molecule has 9 nitrogen and oxygen atoms in total. The van der Waals surface area contributed by atoms with Crippen LogP contribution >= 0.6 is 11.6 Å². The fraction of sp³-hybridized carbons (Fsp3) is 0.241. The number of carboxylic acids is 1. The normalized spacial score (nSPS) is 11.0. The number of halogens is 3. The lowest BCUT2D eigenvalue weighted by Crippen LogP contribution is -2.33. The maximum atomic E-state index is 14.6. The molecule has 0 saturated carbocycles. The van der Waals surface area contributed by atoms with Gasteiger partial charge in [0.15, 0.2) is 0 Å². The average molecular weight is 583 g/mol. The third-order valence-electron chi connectivity index (χ3n) is 6.54. The summed E-state index contributed by atoms with van der Waals surface area (Å²) < 4.78 is 30.4. The highest BCUT2D eigenvalue weighted by Gasteiger charge is 2.22. The van der Waals surface area contributed by atoms with Crippen molar-refractivity contribution < 1.29 is 23.5 Å². The molecule has 0 radical (unpaired) electrons. The van der Waals surface area contributed by atoms with Crippen LogP contribution in [-0.2, 0) is 17.9 Å². The van der Waals surface area contributed by atoms with Gasteiger partial charge in [-0.15, -0.1) is 0 Å². The number of amidine groups is 1. The molecule has 0 aliphatic rings. The first-order chi connectivity index (χ1) is 19.6. The molecule has 5 N–H and O–H groups in total. The van der Waals surface area contributed by atoms with Gasteiger partial charge < -0.3 is 25.6 Å². The van der Waals surface area contributed by atoms with Crippen molar-refractivity contribution in [2.75, 3.05) is 16.8 Å². The number of hydrogen-bond acceptors (Lipinski definition) is 5. The molecule has 1 amide bonds. The Hall–Kier alpha value is -4.51. The van der Waals surface area contributed by atoms with E-state index in [0.717, 1.165) is 24.4 Å². The van der Waals surface area contributed by atoms with Gasteiger partial charge in [-0.25, -0.2) is 13.8 Å². The first kappa shape index (κ1) is 29.5. The van der Waals surface area contributed by atoms with Crippen LogP contribution in [0.4, 0.5) is 20.2 Å². The van der Waals surface area contributed by atoms with E-state index in [2.05, 4.69) is 12.2 Å². The number of fused-ring (bicyclic) bond motifs is 1. The molecular weight excluding hydrogens is 554 g/mol. The number of hydrogen-bond donors (Lipinski definition) is 4. The number of nitrogens with two attached hydrogens (primary N) is 1. The summed E-state index contributed by atoms with van der Waals surface area (Å²) in [6.45, 7) is 2.76. The topological polar surface area (TPSA) is 137 Å². The third-order valence-corrected chi connectivity index (χ3v) is 6.83. The van der Waals surface area contributed by atoms with Crippen molar-refractivity contribution >= 4 is 51.7 Å². The lowest BCUT2D eigenvalue weighted by Gasteiger charge is -2.22. The molecule has 0 unspecified atom stereocenters. The number of carbonyl (C=O) groups is 2. The zero-order valence-electron chi connectivity index (χ0n) is 22.3. The largest absolute Gasteiger partial charge is 0.481 e.